The SMILES string of the molecule is CCS(=O)(=O)c1ccc(C2(C)CC2C#N)cc1. The van der Waals surface area contributed by atoms with Crippen LogP contribution >= 0.6 is 0 Å². The zero-order valence-corrected chi connectivity index (χ0v) is 10.8. The Morgan fingerprint density at radius 1 is 1.41 bits per heavy atom. The average Bonchev–Trinajstić information content (AvgIpc) is 3.02. The summed E-state index contributed by atoms with van der Waals surface area (Å²) in [4.78, 5) is 0.363. The fraction of sp³-hybridized carbons (Fsp3) is 0.462. The summed E-state index contributed by atoms with van der Waals surface area (Å²) in [6.07, 6.45) is 0.864. The zero-order chi connectivity index (χ0) is 12.7. The Balaban J connectivity index is 2.30. The van der Waals surface area contributed by atoms with Gasteiger partial charge < -0.3 is 0 Å². The van der Waals surface area contributed by atoms with Crippen molar-refractivity contribution >= 4 is 9.84 Å². The number of hydrogen-bond donors (Lipinski definition) is 0. The van der Waals surface area contributed by atoms with Crippen LogP contribution in [-0.4, -0.2) is 14.2 Å². The van der Waals surface area contributed by atoms with Gasteiger partial charge in [-0.25, -0.2) is 8.42 Å². The summed E-state index contributed by atoms with van der Waals surface area (Å²) >= 11 is 0. The highest BCUT2D eigenvalue weighted by molar-refractivity contribution is 7.91. The number of sulfone groups is 1. The molecule has 0 radical (unpaired) electrons. The van der Waals surface area contributed by atoms with Crippen LogP contribution in [0.4, 0.5) is 0 Å². The number of hydrogen-bond acceptors (Lipinski definition) is 3. The lowest BCUT2D eigenvalue weighted by molar-refractivity contribution is 0.597. The maximum absolute atomic E-state index is 11.6. The van der Waals surface area contributed by atoms with Gasteiger partial charge in [0.05, 0.1) is 22.6 Å². The number of benzene rings is 1. The van der Waals surface area contributed by atoms with Crippen LogP contribution in [0.1, 0.15) is 25.8 Å². The molecule has 1 fully saturated rings. The number of nitriles is 1. The van der Waals surface area contributed by atoms with Gasteiger partial charge in [0.1, 0.15) is 0 Å². The maximum atomic E-state index is 11.6. The van der Waals surface area contributed by atoms with E-state index in [1.54, 1.807) is 19.1 Å². The summed E-state index contributed by atoms with van der Waals surface area (Å²) in [5.41, 5.74) is 0.975. The van der Waals surface area contributed by atoms with Crippen LogP contribution in [0.5, 0.6) is 0 Å². The highest BCUT2D eigenvalue weighted by Gasteiger charge is 2.51. The third kappa shape index (κ3) is 1.96. The highest BCUT2D eigenvalue weighted by atomic mass is 32.2. The van der Waals surface area contributed by atoms with Gasteiger partial charge in [-0.1, -0.05) is 26.0 Å². The monoisotopic (exact) mass is 249 g/mol. The van der Waals surface area contributed by atoms with Crippen LogP contribution in [-0.2, 0) is 15.3 Å². The van der Waals surface area contributed by atoms with Crippen LogP contribution in [0.25, 0.3) is 0 Å². The van der Waals surface area contributed by atoms with Gasteiger partial charge in [-0.15, -0.1) is 0 Å². The van der Waals surface area contributed by atoms with Gasteiger partial charge in [-0.05, 0) is 24.1 Å². The first-order chi connectivity index (χ1) is 7.94. The van der Waals surface area contributed by atoms with E-state index >= 15 is 0 Å². The maximum Gasteiger partial charge on any atom is 0.178 e. The minimum atomic E-state index is -3.12. The first kappa shape index (κ1) is 12.1. The topological polar surface area (TPSA) is 57.9 Å². The van der Waals surface area contributed by atoms with Crippen molar-refractivity contribution in [1.29, 1.82) is 5.26 Å². The van der Waals surface area contributed by atoms with Gasteiger partial charge in [0.25, 0.3) is 0 Å². The van der Waals surface area contributed by atoms with Crippen molar-refractivity contribution in [3.8, 4) is 6.07 Å². The van der Waals surface area contributed by atoms with Gasteiger partial charge in [-0.3, -0.25) is 0 Å². The van der Waals surface area contributed by atoms with Crippen molar-refractivity contribution in [3.63, 3.8) is 0 Å². The molecule has 4 heteroatoms. The molecule has 17 heavy (non-hydrogen) atoms. The van der Waals surface area contributed by atoms with E-state index in [4.69, 9.17) is 5.26 Å². The number of nitrogens with zero attached hydrogens (tertiary/aromatic N) is 1. The van der Waals surface area contributed by atoms with E-state index in [1.165, 1.54) is 0 Å². The molecule has 2 rings (SSSR count). The van der Waals surface area contributed by atoms with E-state index in [1.807, 2.05) is 19.1 Å². The van der Waals surface area contributed by atoms with Gasteiger partial charge in [0.2, 0.25) is 0 Å². The molecule has 2 unspecified atom stereocenters. The molecule has 90 valence electrons. The predicted octanol–water partition coefficient (Wildman–Crippen LogP) is 2.28. The molecule has 1 saturated carbocycles. The van der Waals surface area contributed by atoms with Crippen LogP contribution in [0.15, 0.2) is 29.2 Å². The molecule has 0 aromatic heterocycles. The van der Waals surface area contributed by atoms with Crippen LogP contribution in [0.3, 0.4) is 0 Å². The molecule has 0 N–H and O–H groups in total. The smallest absolute Gasteiger partial charge is 0.178 e. The molecule has 1 aliphatic carbocycles. The molecule has 0 amide bonds. The van der Waals surface area contributed by atoms with Crippen molar-refractivity contribution in [2.75, 3.05) is 5.75 Å². The molecule has 3 nitrogen and oxygen atoms in total. The summed E-state index contributed by atoms with van der Waals surface area (Å²) < 4.78 is 23.3. The van der Waals surface area contributed by atoms with E-state index in [-0.39, 0.29) is 17.1 Å². The summed E-state index contributed by atoms with van der Waals surface area (Å²) in [6.45, 7) is 3.68. The van der Waals surface area contributed by atoms with Crippen LogP contribution in [0.2, 0.25) is 0 Å². The molecule has 2 atom stereocenters. The molecule has 1 aromatic carbocycles. The molecule has 0 heterocycles. The lowest BCUT2D eigenvalue weighted by atomic mass is 9.96. The second-order valence-electron chi connectivity index (χ2n) is 4.73. The van der Waals surface area contributed by atoms with E-state index in [2.05, 4.69) is 6.07 Å². The van der Waals surface area contributed by atoms with Crippen molar-refractivity contribution in [2.45, 2.75) is 30.6 Å². The van der Waals surface area contributed by atoms with Gasteiger partial charge in [-0.2, -0.15) is 5.26 Å². The third-order valence-corrected chi connectivity index (χ3v) is 5.40. The standard InChI is InChI=1S/C13H15NO2S/c1-3-17(15,16)12-6-4-10(5-7-12)13(2)8-11(13)9-14/h4-7,11H,3,8H2,1-2H3. The van der Waals surface area contributed by atoms with Crippen LogP contribution < -0.4 is 0 Å². The quantitative estimate of drug-likeness (QED) is 0.825. The normalized spacial score (nSPS) is 27.5. The van der Waals surface area contributed by atoms with E-state index in [0.717, 1.165) is 12.0 Å². The minimum absolute atomic E-state index is 0.0659. The van der Waals surface area contributed by atoms with E-state index < -0.39 is 9.84 Å². The molecule has 0 saturated heterocycles. The molecule has 0 bridgehead atoms. The molecule has 1 aliphatic rings. The third-order valence-electron chi connectivity index (χ3n) is 3.65. The predicted molar refractivity (Wildman–Crippen MR) is 65.2 cm³/mol. The highest BCUT2D eigenvalue weighted by Crippen LogP contribution is 2.53. The van der Waals surface area contributed by atoms with E-state index in [9.17, 15) is 8.42 Å². The molecule has 0 spiro atoms. The fourth-order valence-electron chi connectivity index (χ4n) is 2.08. The molecular formula is C13H15NO2S. The minimum Gasteiger partial charge on any atom is -0.224 e. The Morgan fingerprint density at radius 3 is 2.41 bits per heavy atom. The largest absolute Gasteiger partial charge is 0.224 e. The lowest BCUT2D eigenvalue weighted by Gasteiger charge is -2.10. The lowest BCUT2D eigenvalue weighted by Crippen LogP contribution is -2.06. The Kier molecular flexibility index (Phi) is 2.75. The second kappa shape index (κ2) is 3.85. The van der Waals surface area contributed by atoms with Crippen molar-refractivity contribution in [3.05, 3.63) is 29.8 Å². The Morgan fingerprint density at radius 2 is 2.00 bits per heavy atom. The number of rotatable bonds is 3. The Bertz CT molecular complexity index is 568. The Labute approximate surface area is 102 Å². The van der Waals surface area contributed by atoms with Crippen LogP contribution in [0, 0.1) is 17.2 Å². The fourth-order valence-corrected chi connectivity index (χ4v) is 2.97. The van der Waals surface area contributed by atoms with Crippen molar-refractivity contribution < 1.29 is 8.42 Å². The van der Waals surface area contributed by atoms with E-state index in [0.29, 0.717) is 4.90 Å². The first-order valence-electron chi connectivity index (χ1n) is 5.67. The summed E-state index contributed by atoms with van der Waals surface area (Å²) in [5.74, 6) is 0.181. The summed E-state index contributed by atoms with van der Waals surface area (Å²) in [6, 6.07) is 9.22. The molecule has 1 aromatic rings. The second-order valence-corrected chi connectivity index (χ2v) is 7.01. The Hall–Kier alpha value is -1.34. The summed E-state index contributed by atoms with van der Waals surface area (Å²) in [5, 5.41) is 8.88. The summed E-state index contributed by atoms with van der Waals surface area (Å²) in [7, 11) is -3.12. The zero-order valence-electron chi connectivity index (χ0n) is 9.97. The molecule has 0 aliphatic heterocycles. The van der Waals surface area contributed by atoms with Crippen molar-refractivity contribution in [1.82, 2.24) is 0 Å². The van der Waals surface area contributed by atoms with Gasteiger partial charge in [0.15, 0.2) is 9.84 Å². The first-order valence-corrected chi connectivity index (χ1v) is 7.32. The van der Waals surface area contributed by atoms with Gasteiger partial charge >= 0.3 is 0 Å². The van der Waals surface area contributed by atoms with Gasteiger partial charge in [0, 0.05) is 5.41 Å². The molecular weight excluding hydrogens is 234 g/mol. The average molecular weight is 249 g/mol. The van der Waals surface area contributed by atoms with Crippen molar-refractivity contribution in [2.24, 2.45) is 5.92 Å².